The van der Waals surface area contributed by atoms with Gasteiger partial charge in [-0.1, -0.05) is 6.07 Å². The fourth-order valence-electron chi connectivity index (χ4n) is 2.71. The second-order valence-corrected chi connectivity index (χ2v) is 8.84. The van der Waals surface area contributed by atoms with Crippen molar-refractivity contribution in [2.45, 2.75) is 23.1 Å². The number of rotatable bonds is 6. The van der Waals surface area contributed by atoms with Crippen LogP contribution >= 0.6 is 11.3 Å². The number of nitrogens with zero attached hydrogens (tertiary/aromatic N) is 1. The Morgan fingerprint density at radius 3 is 2.54 bits per heavy atom. The zero-order chi connectivity index (χ0) is 18.6. The van der Waals surface area contributed by atoms with Crippen LogP contribution in [0.25, 0.3) is 0 Å². The van der Waals surface area contributed by atoms with Gasteiger partial charge in [0, 0.05) is 19.1 Å². The van der Waals surface area contributed by atoms with Crippen LogP contribution in [0.15, 0.2) is 46.0 Å². The summed E-state index contributed by atoms with van der Waals surface area (Å²) in [6.45, 7) is 0.795. The highest BCUT2D eigenvalue weighted by Gasteiger charge is 2.27. The first-order valence-corrected chi connectivity index (χ1v) is 10.5. The Balaban J connectivity index is 1.45. The normalized spacial score (nSPS) is 15.8. The Labute approximate surface area is 155 Å². The molecule has 0 unspecified atom stereocenters. The van der Waals surface area contributed by atoms with E-state index in [4.69, 9.17) is 4.74 Å². The van der Waals surface area contributed by atoms with Crippen molar-refractivity contribution >= 4 is 27.3 Å². The number of thiophene rings is 1. The van der Waals surface area contributed by atoms with E-state index in [9.17, 15) is 17.6 Å². The maximum atomic E-state index is 12.8. The predicted molar refractivity (Wildman–Crippen MR) is 96.1 cm³/mol. The Hall–Kier alpha value is -1.97. The lowest BCUT2D eigenvalue weighted by atomic mass is 10.1. The quantitative estimate of drug-likeness (QED) is 0.810. The van der Waals surface area contributed by atoms with Crippen LogP contribution in [0.2, 0.25) is 0 Å². The molecule has 1 aromatic carbocycles. The number of benzene rings is 1. The molecule has 0 saturated carbocycles. The second-order valence-electron chi connectivity index (χ2n) is 5.95. The number of carbonyl (C=O) groups excluding carboxylic acids is 1. The minimum Gasteiger partial charge on any atom is -0.484 e. The number of likely N-dealkylation sites (tertiary alicyclic amines) is 1. The molecule has 0 atom stereocenters. The van der Waals surface area contributed by atoms with Gasteiger partial charge in [-0.25, -0.2) is 17.5 Å². The van der Waals surface area contributed by atoms with Crippen LogP contribution in [0.3, 0.4) is 0 Å². The number of ether oxygens (including phenoxy) is 1. The van der Waals surface area contributed by atoms with Gasteiger partial charge in [0.15, 0.2) is 6.61 Å². The molecule has 0 aliphatic carbocycles. The summed E-state index contributed by atoms with van der Waals surface area (Å²) in [6, 6.07) is 8.54. The van der Waals surface area contributed by atoms with E-state index < -0.39 is 10.0 Å². The third kappa shape index (κ3) is 4.80. The summed E-state index contributed by atoms with van der Waals surface area (Å²) in [7, 11) is -3.49. The molecule has 0 radical (unpaired) electrons. The molecule has 140 valence electrons. The third-order valence-corrected chi connectivity index (χ3v) is 7.02. The standard InChI is InChI=1S/C17H19FN2O4S2/c18-13-3-5-15(6-4-13)24-12-16(21)20-9-7-14(8-10-20)19-26(22,23)17-2-1-11-25-17/h1-6,11,14,19H,7-10,12H2. The van der Waals surface area contributed by atoms with Gasteiger partial charge in [-0.05, 0) is 48.6 Å². The van der Waals surface area contributed by atoms with Crippen LogP contribution in [-0.2, 0) is 14.8 Å². The molecule has 3 rings (SSSR count). The molecule has 1 saturated heterocycles. The van der Waals surface area contributed by atoms with Crippen molar-refractivity contribution in [3.63, 3.8) is 0 Å². The maximum Gasteiger partial charge on any atom is 0.260 e. The maximum absolute atomic E-state index is 12.8. The smallest absolute Gasteiger partial charge is 0.260 e. The highest BCUT2D eigenvalue weighted by atomic mass is 32.2. The molecular formula is C17H19FN2O4S2. The first-order chi connectivity index (χ1) is 12.4. The monoisotopic (exact) mass is 398 g/mol. The van der Waals surface area contributed by atoms with Gasteiger partial charge < -0.3 is 9.64 Å². The van der Waals surface area contributed by atoms with E-state index in [-0.39, 0.29) is 24.4 Å². The summed E-state index contributed by atoms with van der Waals surface area (Å²) in [5.74, 6) is -0.108. The van der Waals surface area contributed by atoms with E-state index in [1.807, 2.05) is 0 Å². The minimum atomic E-state index is -3.49. The molecule has 2 heterocycles. The molecule has 1 aromatic heterocycles. The van der Waals surface area contributed by atoms with Crippen LogP contribution in [0.4, 0.5) is 4.39 Å². The Bertz CT molecular complexity index is 830. The van der Waals surface area contributed by atoms with Crippen molar-refractivity contribution < 1.29 is 22.3 Å². The van der Waals surface area contributed by atoms with Crippen molar-refractivity contribution in [3.05, 3.63) is 47.6 Å². The average Bonchev–Trinajstić information content (AvgIpc) is 3.17. The molecule has 0 bridgehead atoms. The first kappa shape index (κ1) is 18.8. The SMILES string of the molecule is O=C(COc1ccc(F)cc1)N1CCC(NS(=O)(=O)c2cccs2)CC1. The van der Waals surface area contributed by atoms with E-state index in [0.717, 1.165) is 0 Å². The summed E-state index contributed by atoms with van der Waals surface area (Å²) < 4.78 is 45.7. The van der Waals surface area contributed by atoms with Gasteiger partial charge >= 0.3 is 0 Å². The molecule has 1 amide bonds. The van der Waals surface area contributed by atoms with E-state index in [1.54, 1.807) is 22.4 Å². The molecular weight excluding hydrogens is 379 g/mol. The molecule has 2 aromatic rings. The minimum absolute atomic E-state index is 0.128. The molecule has 1 aliphatic rings. The summed E-state index contributed by atoms with van der Waals surface area (Å²) in [4.78, 5) is 13.9. The van der Waals surface area contributed by atoms with E-state index >= 15 is 0 Å². The number of hydrogen-bond donors (Lipinski definition) is 1. The summed E-state index contributed by atoms with van der Waals surface area (Å²) in [5.41, 5.74) is 0. The fraction of sp³-hybridized carbons (Fsp3) is 0.353. The fourth-order valence-corrected chi connectivity index (χ4v) is 5.02. The number of carbonyl (C=O) groups is 1. The summed E-state index contributed by atoms with van der Waals surface area (Å²) in [6.07, 6.45) is 1.10. The van der Waals surface area contributed by atoms with Gasteiger partial charge in [0.25, 0.3) is 5.91 Å². The molecule has 1 N–H and O–H groups in total. The molecule has 26 heavy (non-hydrogen) atoms. The number of nitrogens with one attached hydrogen (secondary N) is 1. The van der Waals surface area contributed by atoms with Crippen molar-refractivity contribution in [3.8, 4) is 5.75 Å². The second kappa shape index (κ2) is 8.15. The van der Waals surface area contributed by atoms with Gasteiger partial charge in [-0.2, -0.15) is 0 Å². The van der Waals surface area contributed by atoms with E-state index in [2.05, 4.69) is 4.72 Å². The van der Waals surface area contributed by atoms with Crippen LogP contribution in [0.5, 0.6) is 5.75 Å². The molecule has 0 spiro atoms. The number of piperidine rings is 1. The zero-order valence-corrected chi connectivity index (χ0v) is 15.6. The van der Waals surface area contributed by atoms with Crippen LogP contribution in [-0.4, -0.2) is 45.0 Å². The molecule has 1 fully saturated rings. The van der Waals surface area contributed by atoms with Gasteiger partial charge in [0.1, 0.15) is 15.8 Å². The topological polar surface area (TPSA) is 75.7 Å². The predicted octanol–water partition coefficient (Wildman–Crippen LogP) is 2.24. The largest absolute Gasteiger partial charge is 0.484 e. The van der Waals surface area contributed by atoms with Gasteiger partial charge in [0.05, 0.1) is 0 Å². The Kier molecular flexibility index (Phi) is 5.90. The van der Waals surface area contributed by atoms with Crippen molar-refractivity contribution in [2.75, 3.05) is 19.7 Å². The van der Waals surface area contributed by atoms with Gasteiger partial charge in [0.2, 0.25) is 10.0 Å². The summed E-state index contributed by atoms with van der Waals surface area (Å²) >= 11 is 1.17. The molecule has 1 aliphatic heterocycles. The number of hydrogen-bond acceptors (Lipinski definition) is 5. The molecule has 6 nitrogen and oxygen atoms in total. The van der Waals surface area contributed by atoms with Gasteiger partial charge in [-0.3, -0.25) is 4.79 Å². The lowest BCUT2D eigenvalue weighted by Gasteiger charge is -2.32. The third-order valence-electron chi connectivity index (χ3n) is 4.11. The van der Waals surface area contributed by atoms with Crippen LogP contribution in [0.1, 0.15) is 12.8 Å². The zero-order valence-electron chi connectivity index (χ0n) is 13.9. The molecule has 9 heteroatoms. The van der Waals surface area contributed by atoms with Crippen molar-refractivity contribution in [1.82, 2.24) is 9.62 Å². The first-order valence-electron chi connectivity index (χ1n) is 8.16. The highest BCUT2D eigenvalue weighted by Crippen LogP contribution is 2.19. The lowest BCUT2D eigenvalue weighted by Crippen LogP contribution is -2.47. The Morgan fingerprint density at radius 1 is 1.23 bits per heavy atom. The van der Waals surface area contributed by atoms with Crippen molar-refractivity contribution in [1.29, 1.82) is 0 Å². The van der Waals surface area contributed by atoms with Gasteiger partial charge in [-0.15, -0.1) is 11.3 Å². The Morgan fingerprint density at radius 2 is 1.92 bits per heavy atom. The average molecular weight is 398 g/mol. The number of sulfonamides is 1. The number of amides is 1. The highest BCUT2D eigenvalue weighted by molar-refractivity contribution is 7.91. The van der Waals surface area contributed by atoms with Crippen molar-refractivity contribution in [2.24, 2.45) is 0 Å². The number of halogens is 1. The van der Waals surface area contributed by atoms with E-state index in [0.29, 0.717) is 35.9 Å². The van der Waals surface area contributed by atoms with Crippen LogP contribution in [0, 0.1) is 5.82 Å². The van der Waals surface area contributed by atoms with Crippen LogP contribution < -0.4 is 9.46 Å². The van der Waals surface area contributed by atoms with E-state index in [1.165, 1.54) is 35.6 Å². The summed E-state index contributed by atoms with van der Waals surface area (Å²) in [5, 5.41) is 1.72. The lowest BCUT2D eigenvalue weighted by molar-refractivity contribution is -0.134.